The summed E-state index contributed by atoms with van der Waals surface area (Å²) in [6.45, 7) is 0.623. The van der Waals surface area contributed by atoms with Crippen LogP contribution in [-0.2, 0) is 4.74 Å². The Balaban J connectivity index is 2.31. The van der Waals surface area contributed by atoms with Crippen molar-refractivity contribution in [2.24, 2.45) is 5.92 Å². The molecule has 82 valence electrons. The molecule has 0 saturated carbocycles. The summed E-state index contributed by atoms with van der Waals surface area (Å²) >= 11 is 3.30. The zero-order valence-corrected chi connectivity index (χ0v) is 9.71. The van der Waals surface area contributed by atoms with Crippen LogP contribution in [0.4, 0.5) is 4.39 Å². The Morgan fingerprint density at radius 3 is 3.07 bits per heavy atom. The van der Waals surface area contributed by atoms with Gasteiger partial charge in [0.1, 0.15) is 5.82 Å². The molecule has 1 aromatic rings. The predicted octanol–water partition coefficient (Wildman–Crippen LogP) is 2.66. The van der Waals surface area contributed by atoms with Crippen LogP contribution in [0.15, 0.2) is 22.7 Å². The van der Waals surface area contributed by atoms with Crippen LogP contribution in [0.2, 0.25) is 0 Å². The Labute approximate surface area is 96.2 Å². The quantitative estimate of drug-likeness (QED) is 0.899. The second kappa shape index (κ2) is 4.60. The molecular formula is C11H12BrFO2. The van der Waals surface area contributed by atoms with E-state index < -0.39 is 0 Å². The van der Waals surface area contributed by atoms with Crippen molar-refractivity contribution in [2.45, 2.75) is 12.5 Å². The summed E-state index contributed by atoms with van der Waals surface area (Å²) < 4.78 is 19.8. The number of ether oxygens (including phenoxy) is 1. The lowest BCUT2D eigenvalue weighted by Crippen LogP contribution is -2.12. The standard InChI is InChI=1S/C11H12BrFO2/c12-8-1-2-10(13)9(5-8)11-7(6-14)3-4-15-11/h1-2,5,7,11,14H,3-4,6H2. The van der Waals surface area contributed by atoms with Gasteiger partial charge < -0.3 is 9.84 Å². The normalized spacial score (nSPS) is 25.8. The summed E-state index contributed by atoms with van der Waals surface area (Å²) in [6.07, 6.45) is 0.472. The Bertz CT molecular complexity index is 356. The van der Waals surface area contributed by atoms with Crippen LogP contribution < -0.4 is 0 Å². The number of rotatable bonds is 2. The molecule has 2 atom stereocenters. The average molecular weight is 275 g/mol. The van der Waals surface area contributed by atoms with E-state index in [9.17, 15) is 4.39 Å². The topological polar surface area (TPSA) is 29.5 Å². The molecule has 0 bridgehead atoms. The summed E-state index contributed by atoms with van der Waals surface area (Å²) in [4.78, 5) is 0. The van der Waals surface area contributed by atoms with Crippen LogP contribution in [0.25, 0.3) is 0 Å². The minimum absolute atomic E-state index is 0.00815. The third-order valence-corrected chi connectivity index (χ3v) is 3.21. The Hall–Kier alpha value is -0.450. The first-order valence-electron chi connectivity index (χ1n) is 4.90. The van der Waals surface area contributed by atoms with Gasteiger partial charge in [-0.3, -0.25) is 0 Å². The first-order chi connectivity index (χ1) is 7.22. The maximum atomic E-state index is 13.5. The molecule has 1 aliphatic rings. The van der Waals surface area contributed by atoms with Gasteiger partial charge in [-0.05, 0) is 24.6 Å². The zero-order valence-electron chi connectivity index (χ0n) is 8.12. The summed E-state index contributed by atoms with van der Waals surface area (Å²) in [5, 5.41) is 9.14. The fourth-order valence-electron chi connectivity index (χ4n) is 1.90. The van der Waals surface area contributed by atoms with E-state index in [2.05, 4.69) is 15.9 Å². The van der Waals surface area contributed by atoms with Crippen molar-refractivity contribution in [3.63, 3.8) is 0 Å². The van der Waals surface area contributed by atoms with Crippen molar-refractivity contribution in [2.75, 3.05) is 13.2 Å². The molecule has 1 fully saturated rings. The summed E-state index contributed by atoms with van der Waals surface area (Å²) in [7, 11) is 0. The van der Waals surface area contributed by atoms with Crippen LogP contribution in [0.1, 0.15) is 18.1 Å². The van der Waals surface area contributed by atoms with Crippen molar-refractivity contribution in [3.05, 3.63) is 34.1 Å². The van der Waals surface area contributed by atoms with E-state index in [0.29, 0.717) is 12.2 Å². The molecule has 0 aliphatic carbocycles. The summed E-state index contributed by atoms with van der Waals surface area (Å²) in [5.41, 5.74) is 0.529. The minimum atomic E-state index is -0.313. The first-order valence-corrected chi connectivity index (χ1v) is 5.69. The fourth-order valence-corrected chi connectivity index (χ4v) is 2.28. The first kappa shape index (κ1) is 11.0. The van der Waals surface area contributed by atoms with Crippen molar-refractivity contribution in [3.8, 4) is 0 Å². The van der Waals surface area contributed by atoms with E-state index in [-0.39, 0.29) is 24.4 Å². The van der Waals surface area contributed by atoms with E-state index in [1.807, 2.05) is 0 Å². The molecule has 1 aliphatic heterocycles. The monoisotopic (exact) mass is 274 g/mol. The second-order valence-corrected chi connectivity index (χ2v) is 4.60. The summed E-state index contributed by atoms with van der Waals surface area (Å²) in [5.74, 6) is -0.266. The molecule has 15 heavy (non-hydrogen) atoms. The highest BCUT2D eigenvalue weighted by atomic mass is 79.9. The average Bonchev–Trinajstić information content (AvgIpc) is 2.69. The van der Waals surface area contributed by atoms with Gasteiger partial charge in [-0.25, -0.2) is 4.39 Å². The lowest BCUT2D eigenvalue weighted by atomic mass is 9.96. The smallest absolute Gasteiger partial charge is 0.129 e. The molecule has 1 aromatic carbocycles. The van der Waals surface area contributed by atoms with E-state index >= 15 is 0 Å². The van der Waals surface area contributed by atoms with Crippen LogP contribution in [0.3, 0.4) is 0 Å². The van der Waals surface area contributed by atoms with E-state index in [1.165, 1.54) is 6.07 Å². The number of hydrogen-bond donors (Lipinski definition) is 1. The van der Waals surface area contributed by atoms with Gasteiger partial charge in [0, 0.05) is 29.2 Å². The van der Waals surface area contributed by atoms with Crippen molar-refractivity contribution < 1.29 is 14.2 Å². The highest BCUT2D eigenvalue weighted by Gasteiger charge is 2.31. The molecule has 0 amide bonds. The van der Waals surface area contributed by atoms with Crippen LogP contribution in [0.5, 0.6) is 0 Å². The number of aliphatic hydroxyl groups is 1. The molecule has 0 aromatic heterocycles. The van der Waals surface area contributed by atoms with E-state index in [4.69, 9.17) is 9.84 Å². The van der Waals surface area contributed by atoms with Crippen molar-refractivity contribution in [1.82, 2.24) is 0 Å². The summed E-state index contributed by atoms with van der Waals surface area (Å²) in [6, 6.07) is 4.78. The van der Waals surface area contributed by atoms with Gasteiger partial charge in [-0.15, -0.1) is 0 Å². The molecule has 0 spiro atoms. The van der Waals surface area contributed by atoms with Gasteiger partial charge in [-0.1, -0.05) is 15.9 Å². The van der Waals surface area contributed by atoms with Crippen LogP contribution in [-0.4, -0.2) is 18.3 Å². The molecule has 1 heterocycles. The van der Waals surface area contributed by atoms with Crippen LogP contribution >= 0.6 is 15.9 Å². The third kappa shape index (κ3) is 2.22. The number of benzene rings is 1. The zero-order chi connectivity index (χ0) is 10.8. The highest BCUT2D eigenvalue weighted by molar-refractivity contribution is 9.10. The van der Waals surface area contributed by atoms with Crippen LogP contribution in [0, 0.1) is 11.7 Å². The maximum Gasteiger partial charge on any atom is 0.129 e. The maximum absolute atomic E-state index is 13.5. The molecule has 2 nitrogen and oxygen atoms in total. The molecule has 1 saturated heterocycles. The highest BCUT2D eigenvalue weighted by Crippen LogP contribution is 2.36. The SMILES string of the molecule is OCC1CCOC1c1cc(Br)ccc1F. The van der Waals surface area contributed by atoms with Crippen molar-refractivity contribution >= 4 is 15.9 Å². The number of aliphatic hydroxyl groups excluding tert-OH is 1. The van der Waals surface area contributed by atoms with Gasteiger partial charge in [0.2, 0.25) is 0 Å². The second-order valence-electron chi connectivity index (χ2n) is 3.69. The Morgan fingerprint density at radius 2 is 2.33 bits per heavy atom. The molecule has 2 rings (SSSR count). The van der Waals surface area contributed by atoms with Gasteiger partial charge >= 0.3 is 0 Å². The Morgan fingerprint density at radius 1 is 1.53 bits per heavy atom. The predicted molar refractivity (Wildman–Crippen MR) is 58.0 cm³/mol. The lowest BCUT2D eigenvalue weighted by Gasteiger charge is -2.17. The Kier molecular flexibility index (Phi) is 3.38. The van der Waals surface area contributed by atoms with Gasteiger partial charge in [0.25, 0.3) is 0 Å². The van der Waals surface area contributed by atoms with Gasteiger partial charge in [0.05, 0.1) is 6.10 Å². The number of halogens is 2. The molecule has 1 N–H and O–H groups in total. The third-order valence-electron chi connectivity index (χ3n) is 2.71. The van der Waals surface area contributed by atoms with Gasteiger partial charge in [-0.2, -0.15) is 0 Å². The largest absolute Gasteiger partial charge is 0.396 e. The van der Waals surface area contributed by atoms with Crippen molar-refractivity contribution in [1.29, 1.82) is 0 Å². The van der Waals surface area contributed by atoms with Gasteiger partial charge in [0.15, 0.2) is 0 Å². The minimum Gasteiger partial charge on any atom is -0.396 e. The number of hydrogen-bond acceptors (Lipinski definition) is 2. The van der Waals surface area contributed by atoms with E-state index in [0.717, 1.165) is 10.9 Å². The molecule has 0 radical (unpaired) electrons. The lowest BCUT2D eigenvalue weighted by molar-refractivity contribution is 0.0693. The molecule has 4 heteroatoms. The fraction of sp³-hybridized carbons (Fsp3) is 0.455. The molecule has 2 unspecified atom stereocenters. The molecular weight excluding hydrogens is 263 g/mol. The van der Waals surface area contributed by atoms with E-state index in [1.54, 1.807) is 12.1 Å².